The van der Waals surface area contributed by atoms with E-state index in [1.54, 1.807) is 18.5 Å². The van der Waals surface area contributed by atoms with Gasteiger partial charge in [-0.05, 0) is 24.6 Å². The fourth-order valence-corrected chi connectivity index (χ4v) is 2.04. The summed E-state index contributed by atoms with van der Waals surface area (Å²) in [6.45, 7) is 2.65. The molecule has 0 unspecified atom stereocenters. The highest BCUT2D eigenvalue weighted by molar-refractivity contribution is 6.33. The number of ether oxygens (including phenoxy) is 1. The predicted molar refractivity (Wildman–Crippen MR) is 77.4 cm³/mol. The zero-order chi connectivity index (χ0) is 14.5. The van der Waals surface area contributed by atoms with Crippen LogP contribution in [0.1, 0.15) is 23.7 Å². The molecular weight excluding hydrogens is 278 g/mol. The second kappa shape index (κ2) is 6.39. The standard InChI is InChI=1S/C15H14ClNO3/c1-2-5-20-12-6-11(8-17-9-12)13-4-3-10(15(18)19)7-14(13)16/h3-4,6-9H,2,5H2,1H3,(H,18,19). The van der Waals surface area contributed by atoms with Crippen molar-refractivity contribution in [3.05, 3.63) is 47.2 Å². The van der Waals surface area contributed by atoms with Crippen LogP contribution in [0.5, 0.6) is 5.75 Å². The van der Waals surface area contributed by atoms with Gasteiger partial charge in [0.2, 0.25) is 0 Å². The molecule has 104 valence electrons. The van der Waals surface area contributed by atoms with Gasteiger partial charge in [-0.3, -0.25) is 4.98 Å². The molecule has 0 saturated heterocycles. The van der Waals surface area contributed by atoms with Crippen LogP contribution >= 0.6 is 11.6 Å². The summed E-state index contributed by atoms with van der Waals surface area (Å²) in [4.78, 5) is 15.0. The Morgan fingerprint density at radius 2 is 2.15 bits per heavy atom. The van der Waals surface area contributed by atoms with Gasteiger partial charge in [0.05, 0.1) is 18.4 Å². The number of hydrogen-bond acceptors (Lipinski definition) is 3. The Morgan fingerprint density at radius 3 is 2.80 bits per heavy atom. The predicted octanol–water partition coefficient (Wildman–Crippen LogP) is 3.89. The summed E-state index contributed by atoms with van der Waals surface area (Å²) in [7, 11) is 0. The molecule has 1 aromatic heterocycles. The Bertz CT molecular complexity index is 628. The first-order chi connectivity index (χ1) is 9.61. The van der Waals surface area contributed by atoms with Gasteiger partial charge in [-0.15, -0.1) is 0 Å². The summed E-state index contributed by atoms with van der Waals surface area (Å²) in [6, 6.07) is 6.46. The maximum atomic E-state index is 10.9. The van der Waals surface area contributed by atoms with Crippen LogP contribution in [-0.4, -0.2) is 22.7 Å². The number of rotatable bonds is 5. The van der Waals surface area contributed by atoms with Crippen LogP contribution < -0.4 is 4.74 Å². The highest BCUT2D eigenvalue weighted by Gasteiger charge is 2.09. The molecule has 0 spiro atoms. The maximum absolute atomic E-state index is 10.9. The van der Waals surface area contributed by atoms with Gasteiger partial charge in [-0.2, -0.15) is 0 Å². The minimum atomic E-state index is -1.00. The third-order valence-corrected chi connectivity index (χ3v) is 3.03. The largest absolute Gasteiger partial charge is 0.492 e. The van der Waals surface area contributed by atoms with Crippen molar-refractivity contribution in [3.8, 4) is 16.9 Å². The van der Waals surface area contributed by atoms with Crippen molar-refractivity contribution in [2.75, 3.05) is 6.61 Å². The molecule has 1 heterocycles. The summed E-state index contributed by atoms with van der Waals surface area (Å²) in [5.74, 6) is -0.334. The summed E-state index contributed by atoms with van der Waals surface area (Å²) in [5.41, 5.74) is 1.68. The Hall–Kier alpha value is -2.07. The van der Waals surface area contributed by atoms with E-state index >= 15 is 0 Å². The van der Waals surface area contributed by atoms with Gasteiger partial charge in [0, 0.05) is 22.3 Å². The minimum absolute atomic E-state index is 0.157. The van der Waals surface area contributed by atoms with E-state index in [2.05, 4.69) is 4.98 Å². The van der Waals surface area contributed by atoms with Crippen molar-refractivity contribution in [2.24, 2.45) is 0 Å². The monoisotopic (exact) mass is 291 g/mol. The Balaban J connectivity index is 2.33. The van der Waals surface area contributed by atoms with Gasteiger partial charge >= 0.3 is 5.97 Å². The van der Waals surface area contributed by atoms with Crippen LogP contribution in [-0.2, 0) is 0 Å². The van der Waals surface area contributed by atoms with E-state index in [-0.39, 0.29) is 5.56 Å². The number of carboxylic acid groups (broad SMARTS) is 1. The van der Waals surface area contributed by atoms with Gasteiger partial charge in [-0.25, -0.2) is 4.79 Å². The number of pyridine rings is 1. The van der Waals surface area contributed by atoms with E-state index in [1.165, 1.54) is 12.1 Å². The van der Waals surface area contributed by atoms with E-state index in [1.807, 2.05) is 13.0 Å². The average molecular weight is 292 g/mol. The van der Waals surface area contributed by atoms with Gasteiger partial charge in [0.15, 0.2) is 0 Å². The zero-order valence-corrected chi connectivity index (χ0v) is 11.7. The quantitative estimate of drug-likeness (QED) is 0.908. The fraction of sp³-hybridized carbons (Fsp3) is 0.200. The van der Waals surface area contributed by atoms with E-state index in [0.29, 0.717) is 17.4 Å². The Morgan fingerprint density at radius 1 is 1.35 bits per heavy atom. The van der Waals surface area contributed by atoms with Gasteiger partial charge in [0.1, 0.15) is 5.75 Å². The van der Waals surface area contributed by atoms with Gasteiger partial charge < -0.3 is 9.84 Å². The van der Waals surface area contributed by atoms with E-state index in [0.717, 1.165) is 17.5 Å². The lowest BCUT2D eigenvalue weighted by molar-refractivity contribution is 0.0697. The zero-order valence-electron chi connectivity index (χ0n) is 11.0. The van der Waals surface area contributed by atoms with Gasteiger partial charge in [-0.1, -0.05) is 24.6 Å². The van der Waals surface area contributed by atoms with Crippen LogP contribution in [0.15, 0.2) is 36.7 Å². The summed E-state index contributed by atoms with van der Waals surface area (Å²) < 4.78 is 5.52. The topological polar surface area (TPSA) is 59.4 Å². The number of hydrogen-bond donors (Lipinski definition) is 1. The molecule has 4 nitrogen and oxygen atoms in total. The second-order valence-corrected chi connectivity index (χ2v) is 4.66. The number of nitrogens with zero attached hydrogens (tertiary/aromatic N) is 1. The van der Waals surface area contributed by atoms with Crippen molar-refractivity contribution in [2.45, 2.75) is 13.3 Å². The molecule has 0 saturated carbocycles. The summed E-state index contributed by atoms with van der Waals surface area (Å²) >= 11 is 6.13. The van der Waals surface area contributed by atoms with E-state index < -0.39 is 5.97 Å². The lowest BCUT2D eigenvalue weighted by Gasteiger charge is -2.08. The number of aromatic carboxylic acids is 1. The van der Waals surface area contributed by atoms with Crippen molar-refractivity contribution in [3.63, 3.8) is 0 Å². The molecule has 0 aliphatic heterocycles. The lowest BCUT2D eigenvalue weighted by Crippen LogP contribution is -1.97. The molecule has 0 radical (unpaired) electrons. The minimum Gasteiger partial charge on any atom is -0.492 e. The second-order valence-electron chi connectivity index (χ2n) is 4.26. The molecule has 5 heteroatoms. The molecule has 1 N–H and O–H groups in total. The maximum Gasteiger partial charge on any atom is 0.335 e. The Labute approximate surface area is 122 Å². The summed E-state index contributed by atoms with van der Waals surface area (Å²) in [6.07, 6.45) is 4.22. The molecule has 0 aliphatic rings. The molecular formula is C15H14ClNO3. The first-order valence-corrected chi connectivity index (χ1v) is 6.60. The van der Waals surface area contributed by atoms with E-state index in [9.17, 15) is 4.79 Å². The van der Waals surface area contributed by atoms with Crippen molar-refractivity contribution in [1.82, 2.24) is 4.98 Å². The van der Waals surface area contributed by atoms with Crippen LogP contribution in [0, 0.1) is 0 Å². The number of halogens is 1. The van der Waals surface area contributed by atoms with Crippen LogP contribution in [0.4, 0.5) is 0 Å². The smallest absolute Gasteiger partial charge is 0.335 e. The first-order valence-electron chi connectivity index (χ1n) is 6.23. The third-order valence-electron chi connectivity index (χ3n) is 2.71. The fourth-order valence-electron chi connectivity index (χ4n) is 1.75. The molecule has 0 atom stereocenters. The first kappa shape index (κ1) is 14.3. The Kier molecular flexibility index (Phi) is 4.58. The SMILES string of the molecule is CCCOc1cncc(-c2ccc(C(=O)O)cc2Cl)c1. The van der Waals surface area contributed by atoms with Crippen LogP contribution in [0.3, 0.4) is 0 Å². The third kappa shape index (κ3) is 3.27. The number of carbonyl (C=O) groups is 1. The van der Waals surface area contributed by atoms with Crippen molar-refractivity contribution >= 4 is 17.6 Å². The van der Waals surface area contributed by atoms with Gasteiger partial charge in [0.25, 0.3) is 0 Å². The average Bonchev–Trinajstić information content (AvgIpc) is 2.45. The molecule has 0 amide bonds. The molecule has 1 aromatic carbocycles. The normalized spacial score (nSPS) is 10.3. The van der Waals surface area contributed by atoms with Crippen LogP contribution in [0.2, 0.25) is 5.02 Å². The highest BCUT2D eigenvalue weighted by atomic mass is 35.5. The molecule has 2 aromatic rings. The summed E-state index contributed by atoms with van der Waals surface area (Å²) in [5, 5.41) is 9.30. The number of carboxylic acids is 1. The van der Waals surface area contributed by atoms with Crippen LogP contribution in [0.25, 0.3) is 11.1 Å². The molecule has 2 rings (SSSR count). The molecule has 0 bridgehead atoms. The number of aromatic nitrogens is 1. The van der Waals surface area contributed by atoms with E-state index in [4.69, 9.17) is 21.4 Å². The molecule has 20 heavy (non-hydrogen) atoms. The molecule has 0 aliphatic carbocycles. The van der Waals surface area contributed by atoms with Crippen molar-refractivity contribution < 1.29 is 14.6 Å². The molecule has 0 fully saturated rings. The highest BCUT2D eigenvalue weighted by Crippen LogP contribution is 2.30. The number of benzene rings is 1. The lowest BCUT2D eigenvalue weighted by atomic mass is 10.1. The van der Waals surface area contributed by atoms with Crippen molar-refractivity contribution in [1.29, 1.82) is 0 Å².